The maximum Gasteiger partial charge on any atom is 0.334 e. The van der Waals surface area contributed by atoms with Crippen molar-refractivity contribution in [2.24, 2.45) is 0 Å². The van der Waals surface area contributed by atoms with Crippen LogP contribution in [0.4, 0.5) is 5.69 Å². The van der Waals surface area contributed by atoms with Gasteiger partial charge < -0.3 is 4.98 Å². The van der Waals surface area contributed by atoms with Crippen molar-refractivity contribution in [3.63, 3.8) is 0 Å². The summed E-state index contributed by atoms with van der Waals surface area (Å²) in [6, 6.07) is 2.92. The molecule has 1 aromatic rings. The normalized spacial score (nSPS) is 9.15. The first-order chi connectivity index (χ1) is 6.15. The minimum absolute atomic E-state index is 0.0393. The summed E-state index contributed by atoms with van der Waals surface area (Å²) in [5.74, 6) is 0. The number of H-pyrrole nitrogens is 1. The van der Waals surface area contributed by atoms with Crippen LogP contribution in [0, 0.1) is 21.4 Å². The molecule has 0 bridgehead atoms. The molecule has 0 atom stereocenters. The Labute approximate surface area is 72.6 Å². The Morgan fingerprint density at radius 2 is 2.38 bits per heavy atom. The number of nitrogens with one attached hydrogen (secondary N) is 1. The molecule has 0 aromatic carbocycles. The summed E-state index contributed by atoms with van der Waals surface area (Å²) < 4.78 is 0. The zero-order chi connectivity index (χ0) is 9.84. The van der Waals surface area contributed by atoms with E-state index in [1.54, 1.807) is 0 Å². The summed E-state index contributed by atoms with van der Waals surface area (Å²) in [5, 5.41) is 18.6. The van der Waals surface area contributed by atoms with Crippen LogP contribution in [0.1, 0.15) is 5.56 Å². The SMILES string of the molecule is N#CCc1c[nH]c(=O)c([N+](=O)[O-])c1. The Morgan fingerprint density at radius 3 is 2.92 bits per heavy atom. The molecule has 6 nitrogen and oxygen atoms in total. The van der Waals surface area contributed by atoms with Gasteiger partial charge in [-0.1, -0.05) is 0 Å². The molecule has 1 heterocycles. The van der Waals surface area contributed by atoms with Gasteiger partial charge in [-0.2, -0.15) is 5.26 Å². The van der Waals surface area contributed by atoms with Crippen LogP contribution in [-0.2, 0) is 6.42 Å². The van der Waals surface area contributed by atoms with Gasteiger partial charge in [0.1, 0.15) is 0 Å². The van der Waals surface area contributed by atoms with Crippen LogP contribution < -0.4 is 5.56 Å². The highest BCUT2D eigenvalue weighted by Gasteiger charge is 2.11. The minimum atomic E-state index is -0.778. The van der Waals surface area contributed by atoms with Crippen LogP contribution in [0.15, 0.2) is 17.1 Å². The Balaban J connectivity index is 3.21. The van der Waals surface area contributed by atoms with Gasteiger partial charge >= 0.3 is 11.2 Å². The van der Waals surface area contributed by atoms with Crippen molar-refractivity contribution in [3.05, 3.63) is 38.3 Å². The molecular weight excluding hydrogens is 174 g/mol. The zero-order valence-electron chi connectivity index (χ0n) is 6.48. The Bertz CT molecular complexity index is 429. The molecule has 0 spiro atoms. The summed E-state index contributed by atoms with van der Waals surface area (Å²) in [6.07, 6.45) is 1.33. The third-order valence-corrected chi connectivity index (χ3v) is 1.42. The second kappa shape index (κ2) is 3.49. The number of nitrogens with zero attached hydrogens (tertiary/aromatic N) is 2. The highest BCUT2D eigenvalue weighted by Crippen LogP contribution is 2.05. The fourth-order valence-corrected chi connectivity index (χ4v) is 0.844. The van der Waals surface area contributed by atoms with E-state index in [2.05, 4.69) is 4.98 Å². The number of rotatable bonds is 2. The van der Waals surface area contributed by atoms with Crippen LogP contribution >= 0.6 is 0 Å². The van der Waals surface area contributed by atoms with E-state index in [-0.39, 0.29) is 6.42 Å². The standard InChI is InChI=1S/C7H5N3O3/c8-2-1-5-3-6(10(12)13)7(11)9-4-5/h3-4H,1H2,(H,9,11). The van der Waals surface area contributed by atoms with Gasteiger partial charge in [0.2, 0.25) is 0 Å². The second-order valence-electron chi connectivity index (χ2n) is 2.31. The highest BCUT2D eigenvalue weighted by molar-refractivity contribution is 5.31. The fourth-order valence-electron chi connectivity index (χ4n) is 0.844. The van der Waals surface area contributed by atoms with Crippen molar-refractivity contribution < 1.29 is 4.92 Å². The molecule has 0 aliphatic heterocycles. The Kier molecular flexibility index (Phi) is 2.40. The van der Waals surface area contributed by atoms with Crippen LogP contribution in [0.3, 0.4) is 0 Å². The second-order valence-corrected chi connectivity index (χ2v) is 2.31. The number of hydrogen-bond donors (Lipinski definition) is 1. The molecule has 6 heteroatoms. The minimum Gasteiger partial charge on any atom is -0.323 e. The zero-order valence-corrected chi connectivity index (χ0v) is 6.48. The molecular formula is C7H5N3O3. The van der Waals surface area contributed by atoms with Crippen molar-refractivity contribution in [2.75, 3.05) is 0 Å². The first-order valence-corrected chi connectivity index (χ1v) is 3.38. The fraction of sp³-hybridized carbons (Fsp3) is 0.143. The van der Waals surface area contributed by atoms with Gasteiger partial charge in [-0.3, -0.25) is 14.9 Å². The van der Waals surface area contributed by atoms with Gasteiger partial charge in [-0.05, 0) is 5.56 Å². The lowest BCUT2D eigenvalue weighted by Gasteiger charge is -1.93. The molecule has 0 radical (unpaired) electrons. The summed E-state index contributed by atoms with van der Waals surface area (Å²) in [5.41, 5.74) is -0.867. The summed E-state index contributed by atoms with van der Waals surface area (Å²) in [6.45, 7) is 0. The van der Waals surface area contributed by atoms with Gasteiger partial charge in [-0.25, -0.2) is 0 Å². The number of aromatic nitrogens is 1. The van der Waals surface area contributed by atoms with Gasteiger partial charge in [0, 0.05) is 12.3 Å². The average molecular weight is 179 g/mol. The lowest BCUT2D eigenvalue weighted by atomic mass is 10.2. The number of pyridine rings is 1. The van der Waals surface area contributed by atoms with E-state index < -0.39 is 16.2 Å². The number of aromatic amines is 1. The topological polar surface area (TPSA) is 99.8 Å². The maximum atomic E-state index is 10.8. The van der Waals surface area contributed by atoms with Crippen LogP contribution in [0.2, 0.25) is 0 Å². The smallest absolute Gasteiger partial charge is 0.323 e. The van der Waals surface area contributed by atoms with Crippen molar-refractivity contribution in [1.29, 1.82) is 5.26 Å². The number of hydrogen-bond acceptors (Lipinski definition) is 4. The van der Waals surface area contributed by atoms with E-state index in [1.807, 2.05) is 6.07 Å². The highest BCUT2D eigenvalue weighted by atomic mass is 16.6. The predicted octanol–water partition coefficient (Wildman–Crippen LogP) is 0.349. The molecule has 0 unspecified atom stereocenters. The van der Waals surface area contributed by atoms with Gasteiger partial charge in [0.25, 0.3) is 0 Å². The van der Waals surface area contributed by atoms with Crippen LogP contribution in [0.5, 0.6) is 0 Å². The number of nitriles is 1. The molecule has 66 valence electrons. The van der Waals surface area contributed by atoms with Gasteiger partial charge in [0.15, 0.2) is 0 Å². The van der Waals surface area contributed by atoms with Gasteiger partial charge in [-0.15, -0.1) is 0 Å². The van der Waals surface area contributed by atoms with E-state index in [4.69, 9.17) is 5.26 Å². The molecule has 0 aliphatic rings. The van der Waals surface area contributed by atoms with Crippen LogP contribution in [-0.4, -0.2) is 9.91 Å². The number of nitro groups is 1. The van der Waals surface area contributed by atoms with E-state index in [0.717, 1.165) is 6.07 Å². The molecule has 13 heavy (non-hydrogen) atoms. The van der Waals surface area contributed by atoms with Crippen molar-refractivity contribution in [1.82, 2.24) is 4.98 Å². The molecule has 0 fully saturated rings. The third kappa shape index (κ3) is 1.90. The summed E-state index contributed by atoms with van der Waals surface area (Å²) >= 11 is 0. The van der Waals surface area contributed by atoms with Crippen molar-refractivity contribution in [2.45, 2.75) is 6.42 Å². The molecule has 0 aliphatic carbocycles. The molecule has 0 amide bonds. The molecule has 1 rings (SSSR count). The summed E-state index contributed by atoms with van der Waals surface area (Å²) in [7, 11) is 0. The molecule has 0 saturated carbocycles. The monoisotopic (exact) mass is 179 g/mol. The van der Waals surface area contributed by atoms with E-state index in [9.17, 15) is 14.9 Å². The predicted molar refractivity (Wildman–Crippen MR) is 43.0 cm³/mol. The molecule has 1 aromatic heterocycles. The lowest BCUT2D eigenvalue weighted by Crippen LogP contribution is -2.11. The van der Waals surface area contributed by atoms with Crippen molar-refractivity contribution >= 4 is 5.69 Å². The van der Waals surface area contributed by atoms with Crippen molar-refractivity contribution in [3.8, 4) is 6.07 Å². The lowest BCUT2D eigenvalue weighted by molar-refractivity contribution is -0.386. The Morgan fingerprint density at radius 1 is 1.69 bits per heavy atom. The first kappa shape index (κ1) is 8.93. The van der Waals surface area contributed by atoms with Gasteiger partial charge in [0.05, 0.1) is 17.4 Å². The third-order valence-electron chi connectivity index (χ3n) is 1.42. The largest absolute Gasteiger partial charge is 0.334 e. The van der Waals surface area contributed by atoms with Crippen LogP contribution in [0.25, 0.3) is 0 Å². The average Bonchev–Trinajstić information content (AvgIpc) is 2.08. The Hall–Kier alpha value is -2.16. The van der Waals surface area contributed by atoms with E-state index in [0.29, 0.717) is 5.56 Å². The van der Waals surface area contributed by atoms with E-state index >= 15 is 0 Å². The maximum absolute atomic E-state index is 10.8. The van der Waals surface area contributed by atoms with E-state index in [1.165, 1.54) is 6.20 Å². The summed E-state index contributed by atoms with van der Waals surface area (Å²) in [4.78, 5) is 22.5. The molecule has 1 N–H and O–H groups in total. The molecule has 0 saturated heterocycles. The quantitative estimate of drug-likeness (QED) is 0.522. The first-order valence-electron chi connectivity index (χ1n) is 3.38.